The van der Waals surface area contributed by atoms with E-state index in [0.29, 0.717) is 23.7 Å². The summed E-state index contributed by atoms with van der Waals surface area (Å²) in [6, 6.07) is 13.4. The summed E-state index contributed by atoms with van der Waals surface area (Å²) in [5, 5.41) is 11.0. The van der Waals surface area contributed by atoms with Gasteiger partial charge in [0.1, 0.15) is 0 Å². The summed E-state index contributed by atoms with van der Waals surface area (Å²) in [5.74, 6) is 2.09. The van der Waals surface area contributed by atoms with Gasteiger partial charge in [-0.2, -0.15) is 0 Å². The van der Waals surface area contributed by atoms with Gasteiger partial charge in [-0.25, -0.2) is 0 Å². The van der Waals surface area contributed by atoms with Crippen molar-refractivity contribution in [2.24, 2.45) is 0 Å². The maximum atomic E-state index is 3.72. The van der Waals surface area contributed by atoms with E-state index in [1.54, 1.807) is 0 Å². The van der Waals surface area contributed by atoms with E-state index in [4.69, 9.17) is 0 Å². The topological polar surface area (TPSA) is 36.1 Å². The summed E-state index contributed by atoms with van der Waals surface area (Å²) < 4.78 is 0. The molecule has 0 amide bonds. The zero-order valence-corrected chi connectivity index (χ0v) is 26.5. The van der Waals surface area contributed by atoms with Crippen molar-refractivity contribution in [1.29, 1.82) is 0 Å². The SMILES string of the molecule is CC(C)c1cccc(C(C)C)c1NCCNCCNc1c(C(C)C)cccc1C(C)C.[Cl-].[Cl-].[Re]. The molecule has 3 N–H and O–H groups in total. The molecule has 2 aromatic carbocycles. The molecule has 6 heteroatoms. The van der Waals surface area contributed by atoms with Gasteiger partial charge in [0.15, 0.2) is 0 Å². The second-order valence-corrected chi connectivity index (χ2v) is 9.85. The largest absolute Gasteiger partial charge is 1.00 e. The Bertz CT molecular complexity index is 703. The fraction of sp³-hybridized carbons (Fsp3) is 0.571. The Balaban J connectivity index is 0. The normalized spacial score (nSPS) is 10.7. The molecule has 0 fully saturated rings. The molecular weight excluding hydrogens is 635 g/mol. The van der Waals surface area contributed by atoms with Crippen LogP contribution in [0.5, 0.6) is 0 Å². The van der Waals surface area contributed by atoms with Crippen LogP contribution in [-0.4, -0.2) is 26.2 Å². The molecule has 2 rings (SSSR count). The van der Waals surface area contributed by atoms with Crippen molar-refractivity contribution in [3.63, 3.8) is 0 Å². The molecule has 0 aromatic heterocycles. The molecule has 0 atom stereocenters. The minimum Gasteiger partial charge on any atom is -1.00 e. The Morgan fingerprint density at radius 2 is 0.765 bits per heavy atom. The molecule has 2 aromatic rings. The van der Waals surface area contributed by atoms with E-state index in [2.05, 4.69) is 108 Å². The van der Waals surface area contributed by atoms with Gasteiger partial charge in [0.2, 0.25) is 0 Å². The quantitative estimate of drug-likeness (QED) is 0.296. The minimum absolute atomic E-state index is 0. The number of anilines is 2. The molecule has 0 unspecified atom stereocenters. The predicted octanol–water partition coefficient (Wildman–Crippen LogP) is 1.30. The van der Waals surface area contributed by atoms with Gasteiger partial charge >= 0.3 is 0 Å². The van der Waals surface area contributed by atoms with Gasteiger partial charge in [-0.3, -0.25) is 0 Å². The molecule has 0 spiro atoms. The van der Waals surface area contributed by atoms with Gasteiger partial charge < -0.3 is 40.8 Å². The maximum absolute atomic E-state index is 3.72. The van der Waals surface area contributed by atoms with Crippen molar-refractivity contribution in [2.75, 3.05) is 36.8 Å². The second-order valence-electron chi connectivity index (χ2n) is 9.85. The molecule has 195 valence electrons. The van der Waals surface area contributed by atoms with E-state index in [1.807, 2.05) is 0 Å². The first-order valence-electron chi connectivity index (χ1n) is 12.2. The summed E-state index contributed by atoms with van der Waals surface area (Å²) in [5.41, 5.74) is 8.33. The van der Waals surface area contributed by atoms with Gasteiger partial charge in [-0.15, -0.1) is 0 Å². The Kier molecular flexibility index (Phi) is 18.4. The van der Waals surface area contributed by atoms with Gasteiger partial charge in [-0.1, -0.05) is 91.8 Å². The third kappa shape index (κ3) is 10.1. The average Bonchev–Trinajstić information content (AvgIpc) is 2.72. The second kappa shape index (κ2) is 17.6. The van der Waals surface area contributed by atoms with E-state index in [-0.39, 0.29) is 45.2 Å². The number of hydrogen-bond donors (Lipinski definition) is 3. The molecule has 0 saturated carbocycles. The predicted molar refractivity (Wildman–Crippen MR) is 139 cm³/mol. The minimum atomic E-state index is 0. The maximum Gasteiger partial charge on any atom is 0.0410 e. The van der Waals surface area contributed by atoms with Crippen LogP contribution in [0.1, 0.15) is 101 Å². The van der Waals surface area contributed by atoms with Gasteiger partial charge in [0.05, 0.1) is 0 Å². The molecule has 34 heavy (non-hydrogen) atoms. The van der Waals surface area contributed by atoms with Crippen molar-refractivity contribution < 1.29 is 45.2 Å². The van der Waals surface area contributed by atoms with Crippen LogP contribution in [0.15, 0.2) is 36.4 Å². The van der Waals surface area contributed by atoms with E-state index < -0.39 is 0 Å². The van der Waals surface area contributed by atoms with Crippen molar-refractivity contribution >= 4 is 11.4 Å². The van der Waals surface area contributed by atoms with E-state index in [9.17, 15) is 0 Å². The van der Waals surface area contributed by atoms with Crippen molar-refractivity contribution in [2.45, 2.75) is 79.1 Å². The van der Waals surface area contributed by atoms with Crippen LogP contribution in [0.4, 0.5) is 11.4 Å². The molecule has 0 bridgehead atoms. The van der Waals surface area contributed by atoms with E-state index in [1.165, 1.54) is 33.6 Å². The average molecular weight is 681 g/mol. The number of rotatable bonds is 12. The number of hydrogen-bond acceptors (Lipinski definition) is 3. The van der Waals surface area contributed by atoms with Crippen molar-refractivity contribution in [3.8, 4) is 0 Å². The molecule has 0 heterocycles. The van der Waals surface area contributed by atoms with Crippen LogP contribution in [0.2, 0.25) is 0 Å². The van der Waals surface area contributed by atoms with Crippen molar-refractivity contribution in [1.82, 2.24) is 5.32 Å². The summed E-state index contributed by atoms with van der Waals surface area (Å²) in [7, 11) is 0. The first-order chi connectivity index (χ1) is 14.7. The Morgan fingerprint density at radius 3 is 1.00 bits per heavy atom. The van der Waals surface area contributed by atoms with Crippen LogP contribution in [-0.2, 0) is 20.4 Å². The Morgan fingerprint density at radius 1 is 0.500 bits per heavy atom. The van der Waals surface area contributed by atoms with Crippen LogP contribution >= 0.6 is 0 Å². The van der Waals surface area contributed by atoms with Gasteiger partial charge in [-0.05, 0) is 45.9 Å². The number of benzene rings is 2. The van der Waals surface area contributed by atoms with Gasteiger partial charge in [0, 0.05) is 58.0 Å². The molecular formula is C28H45Cl2N3Re-2. The first kappa shape index (κ1) is 35.4. The number of para-hydroxylation sites is 2. The fourth-order valence-corrected chi connectivity index (χ4v) is 4.19. The van der Waals surface area contributed by atoms with E-state index in [0.717, 1.165) is 26.2 Å². The molecule has 0 aliphatic carbocycles. The van der Waals surface area contributed by atoms with Crippen LogP contribution in [0.25, 0.3) is 0 Å². The summed E-state index contributed by atoms with van der Waals surface area (Å²) >= 11 is 0. The molecule has 0 aliphatic heterocycles. The summed E-state index contributed by atoms with van der Waals surface area (Å²) in [6.07, 6.45) is 0. The van der Waals surface area contributed by atoms with Crippen LogP contribution in [0.3, 0.4) is 0 Å². The third-order valence-corrected chi connectivity index (χ3v) is 5.95. The zero-order valence-electron chi connectivity index (χ0n) is 22.2. The molecule has 0 saturated heterocycles. The van der Waals surface area contributed by atoms with Crippen LogP contribution in [0, 0.1) is 0 Å². The summed E-state index contributed by atoms with van der Waals surface area (Å²) in [6.45, 7) is 22.0. The Hall–Kier alpha value is -0.758. The molecule has 1 radical (unpaired) electrons. The van der Waals surface area contributed by atoms with Crippen LogP contribution < -0.4 is 40.8 Å². The molecule has 3 nitrogen and oxygen atoms in total. The summed E-state index contributed by atoms with van der Waals surface area (Å²) in [4.78, 5) is 0. The van der Waals surface area contributed by atoms with Gasteiger partial charge in [0.25, 0.3) is 0 Å². The number of halogens is 2. The first-order valence-corrected chi connectivity index (χ1v) is 12.2. The smallest absolute Gasteiger partial charge is 0.0410 e. The third-order valence-electron chi connectivity index (χ3n) is 5.95. The Labute approximate surface area is 235 Å². The van der Waals surface area contributed by atoms with E-state index >= 15 is 0 Å². The molecule has 0 aliphatic rings. The van der Waals surface area contributed by atoms with Crippen molar-refractivity contribution in [3.05, 3.63) is 58.7 Å². The fourth-order valence-electron chi connectivity index (χ4n) is 4.19. The zero-order chi connectivity index (χ0) is 23.0. The standard InChI is InChI=1S/C28H45N3.2ClH.Re/c1-19(2)23-11-9-12-24(20(3)4)27(23)30-17-15-29-16-18-31-28-25(21(5)6)13-10-14-26(28)22(7)8;;;/h9-14,19-22,29-31H,15-18H2,1-8H3;2*1H;/p-2. The monoisotopic (exact) mass is 680 g/mol. The number of nitrogens with one attached hydrogen (secondary N) is 3.